The molecule has 0 unspecified atom stereocenters. The number of likely N-dealkylation sites (tertiary alicyclic amines) is 1. The van der Waals surface area contributed by atoms with Crippen LogP contribution in [0.15, 0.2) is 53.1 Å². The van der Waals surface area contributed by atoms with Gasteiger partial charge in [-0.15, -0.1) is 0 Å². The number of hydrogen-bond donors (Lipinski definition) is 2. The number of nitrogens with zero attached hydrogens (tertiary/aromatic N) is 3. The Hall–Kier alpha value is -3.59. The summed E-state index contributed by atoms with van der Waals surface area (Å²) in [4.78, 5) is 30.4. The average Bonchev–Trinajstić information content (AvgIpc) is 3.23. The molecule has 1 saturated heterocycles. The van der Waals surface area contributed by atoms with E-state index in [9.17, 15) is 14.0 Å². The van der Waals surface area contributed by atoms with E-state index in [0.29, 0.717) is 35.2 Å². The first kappa shape index (κ1) is 21.6. The van der Waals surface area contributed by atoms with Gasteiger partial charge in [0.05, 0.1) is 6.54 Å². The molecular weight excluding hydrogens is 413 g/mol. The third-order valence-electron chi connectivity index (χ3n) is 5.34. The van der Waals surface area contributed by atoms with E-state index < -0.39 is 0 Å². The molecule has 2 aromatic carbocycles. The van der Waals surface area contributed by atoms with Gasteiger partial charge in [0.2, 0.25) is 23.5 Å². The van der Waals surface area contributed by atoms with Crippen molar-refractivity contribution < 1.29 is 18.5 Å². The summed E-state index contributed by atoms with van der Waals surface area (Å²) in [6.07, 6.45) is 1.44. The molecule has 3 aromatic rings. The number of piperidine rings is 1. The Morgan fingerprint density at radius 3 is 2.47 bits per heavy atom. The van der Waals surface area contributed by atoms with Crippen molar-refractivity contribution in [2.45, 2.75) is 26.3 Å². The van der Waals surface area contributed by atoms with Gasteiger partial charge in [0.15, 0.2) is 0 Å². The minimum Gasteiger partial charge on any atom is -0.338 e. The van der Waals surface area contributed by atoms with Gasteiger partial charge in [-0.2, -0.15) is 4.98 Å². The van der Waals surface area contributed by atoms with Crippen LogP contribution in [0.5, 0.6) is 0 Å². The number of nitrogens with one attached hydrogen (secondary N) is 2. The molecular formula is C23H24FN5O3. The predicted octanol–water partition coefficient (Wildman–Crippen LogP) is 3.68. The summed E-state index contributed by atoms with van der Waals surface area (Å²) in [7, 11) is 0. The number of halogens is 1. The van der Waals surface area contributed by atoms with E-state index in [-0.39, 0.29) is 23.5 Å². The van der Waals surface area contributed by atoms with Gasteiger partial charge in [0.25, 0.3) is 0 Å². The van der Waals surface area contributed by atoms with Crippen LogP contribution in [-0.4, -0.2) is 39.9 Å². The van der Waals surface area contributed by atoms with Crippen molar-refractivity contribution in [1.82, 2.24) is 15.0 Å². The Kier molecular flexibility index (Phi) is 6.55. The number of aromatic nitrogens is 2. The minimum atomic E-state index is -0.315. The first-order valence-electron chi connectivity index (χ1n) is 10.5. The largest absolute Gasteiger partial charge is 0.338 e. The van der Waals surface area contributed by atoms with Gasteiger partial charge in [-0.25, -0.2) is 4.39 Å². The number of rotatable bonds is 6. The van der Waals surface area contributed by atoms with Crippen molar-refractivity contribution >= 4 is 23.2 Å². The maximum Gasteiger partial charge on any atom is 0.241 e. The molecule has 1 aromatic heterocycles. The molecule has 1 aliphatic rings. The molecule has 0 bridgehead atoms. The van der Waals surface area contributed by atoms with Gasteiger partial charge in [-0.3, -0.25) is 14.5 Å². The second-order valence-corrected chi connectivity index (χ2v) is 7.82. The first-order chi connectivity index (χ1) is 15.5. The summed E-state index contributed by atoms with van der Waals surface area (Å²) in [6.45, 7) is 3.41. The molecule has 32 heavy (non-hydrogen) atoms. The molecule has 4 rings (SSSR count). The standard InChI is InChI=1S/C23H24FN5O3/c1-15(30)25-19-3-2-4-20(13-19)26-23(31)17-9-11-29(12-10-17)14-21-27-22(28-32-21)16-5-7-18(24)8-6-16/h2-8,13,17H,9-12,14H2,1H3,(H,25,30)(H,26,31). The van der Waals surface area contributed by atoms with Crippen molar-refractivity contribution in [3.8, 4) is 11.4 Å². The minimum absolute atomic E-state index is 0.0268. The highest BCUT2D eigenvalue weighted by atomic mass is 19.1. The molecule has 1 aliphatic heterocycles. The van der Waals surface area contributed by atoms with Gasteiger partial charge in [-0.05, 0) is 68.4 Å². The monoisotopic (exact) mass is 437 g/mol. The highest BCUT2D eigenvalue weighted by Crippen LogP contribution is 2.23. The van der Waals surface area contributed by atoms with E-state index in [1.165, 1.54) is 19.1 Å². The van der Waals surface area contributed by atoms with Crippen molar-refractivity contribution in [1.29, 1.82) is 0 Å². The fourth-order valence-electron chi connectivity index (χ4n) is 3.70. The molecule has 0 saturated carbocycles. The van der Waals surface area contributed by atoms with Gasteiger partial charge >= 0.3 is 0 Å². The summed E-state index contributed by atoms with van der Waals surface area (Å²) >= 11 is 0. The van der Waals surface area contributed by atoms with E-state index in [1.807, 2.05) is 0 Å². The number of carbonyl (C=O) groups excluding carboxylic acids is 2. The number of anilines is 2. The van der Waals surface area contributed by atoms with Crippen LogP contribution in [0, 0.1) is 11.7 Å². The fraction of sp³-hybridized carbons (Fsp3) is 0.304. The molecule has 0 radical (unpaired) electrons. The summed E-state index contributed by atoms with van der Waals surface area (Å²) < 4.78 is 18.4. The maximum absolute atomic E-state index is 13.1. The Labute approximate surface area is 184 Å². The zero-order valence-electron chi connectivity index (χ0n) is 17.7. The Morgan fingerprint density at radius 2 is 1.78 bits per heavy atom. The van der Waals surface area contributed by atoms with E-state index in [4.69, 9.17) is 4.52 Å². The van der Waals surface area contributed by atoms with Crippen LogP contribution in [0.3, 0.4) is 0 Å². The Morgan fingerprint density at radius 1 is 1.09 bits per heavy atom. The number of benzene rings is 2. The van der Waals surface area contributed by atoms with E-state index in [2.05, 4.69) is 25.7 Å². The second kappa shape index (κ2) is 9.69. The van der Waals surface area contributed by atoms with Crippen LogP contribution >= 0.6 is 0 Å². The number of hydrogen-bond acceptors (Lipinski definition) is 6. The summed E-state index contributed by atoms with van der Waals surface area (Å²) in [5.41, 5.74) is 1.99. The molecule has 2 N–H and O–H groups in total. The quantitative estimate of drug-likeness (QED) is 0.610. The summed E-state index contributed by atoms with van der Waals surface area (Å²) in [5, 5.41) is 9.62. The molecule has 166 valence electrons. The smallest absolute Gasteiger partial charge is 0.241 e. The molecule has 0 aliphatic carbocycles. The molecule has 0 atom stereocenters. The van der Waals surface area contributed by atoms with Gasteiger partial charge < -0.3 is 15.2 Å². The van der Waals surface area contributed by atoms with Gasteiger partial charge in [-0.1, -0.05) is 11.2 Å². The summed E-state index contributed by atoms with van der Waals surface area (Å²) in [5.74, 6) is 0.323. The Balaban J connectivity index is 1.27. The normalized spacial score (nSPS) is 14.8. The number of amides is 2. The lowest BCUT2D eigenvalue weighted by Gasteiger charge is -2.30. The van der Waals surface area contributed by atoms with Crippen LogP contribution in [0.1, 0.15) is 25.7 Å². The molecule has 2 amide bonds. The Bertz CT molecular complexity index is 1090. The lowest BCUT2D eigenvalue weighted by molar-refractivity contribution is -0.121. The molecule has 8 nitrogen and oxygen atoms in total. The van der Waals surface area contributed by atoms with Crippen LogP contribution in [-0.2, 0) is 16.1 Å². The molecule has 0 spiro atoms. The maximum atomic E-state index is 13.1. The molecule has 1 fully saturated rings. The van der Waals surface area contributed by atoms with Crippen LogP contribution in [0.25, 0.3) is 11.4 Å². The zero-order valence-corrected chi connectivity index (χ0v) is 17.7. The highest BCUT2D eigenvalue weighted by Gasteiger charge is 2.26. The van der Waals surface area contributed by atoms with E-state index in [0.717, 1.165) is 25.9 Å². The SMILES string of the molecule is CC(=O)Nc1cccc(NC(=O)C2CCN(Cc3nc(-c4ccc(F)cc4)no3)CC2)c1. The second-order valence-electron chi connectivity index (χ2n) is 7.82. The fourth-order valence-corrected chi connectivity index (χ4v) is 3.70. The molecule has 9 heteroatoms. The van der Waals surface area contributed by atoms with Crippen molar-refractivity contribution in [2.24, 2.45) is 5.92 Å². The van der Waals surface area contributed by atoms with E-state index in [1.54, 1.807) is 36.4 Å². The van der Waals surface area contributed by atoms with Crippen molar-refractivity contribution in [3.63, 3.8) is 0 Å². The first-order valence-corrected chi connectivity index (χ1v) is 10.5. The number of carbonyl (C=O) groups is 2. The van der Waals surface area contributed by atoms with Crippen LogP contribution < -0.4 is 10.6 Å². The highest BCUT2D eigenvalue weighted by molar-refractivity contribution is 5.94. The van der Waals surface area contributed by atoms with Crippen LogP contribution in [0.2, 0.25) is 0 Å². The third-order valence-corrected chi connectivity index (χ3v) is 5.34. The lowest BCUT2D eigenvalue weighted by Crippen LogP contribution is -2.37. The topological polar surface area (TPSA) is 100 Å². The lowest BCUT2D eigenvalue weighted by atomic mass is 9.96. The van der Waals surface area contributed by atoms with Crippen molar-refractivity contribution in [2.75, 3.05) is 23.7 Å². The van der Waals surface area contributed by atoms with Crippen LogP contribution in [0.4, 0.5) is 15.8 Å². The van der Waals surface area contributed by atoms with Gasteiger partial charge in [0, 0.05) is 29.8 Å². The average molecular weight is 437 g/mol. The summed E-state index contributed by atoms with van der Waals surface area (Å²) in [6, 6.07) is 13.0. The third kappa shape index (κ3) is 5.55. The van der Waals surface area contributed by atoms with E-state index >= 15 is 0 Å². The predicted molar refractivity (Wildman–Crippen MR) is 117 cm³/mol. The van der Waals surface area contributed by atoms with Crippen molar-refractivity contribution in [3.05, 3.63) is 60.2 Å². The zero-order chi connectivity index (χ0) is 22.5. The van der Waals surface area contributed by atoms with Gasteiger partial charge in [0.1, 0.15) is 5.82 Å². The molecule has 2 heterocycles.